The number of nitrogens with zero attached hydrogens (tertiary/aromatic N) is 2. The highest BCUT2D eigenvalue weighted by atomic mass is 35.5. The largest absolute Gasteiger partial charge is 0.350 e. The van der Waals surface area contributed by atoms with Gasteiger partial charge in [0.05, 0.1) is 6.54 Å². The molecule has 0 aliphatic rings. The minimum Gasteiger partial charge on any atom is -0.350 e. The number of nitrogens with one attached hydrogen (secondary N) is 2. The average Bonchev–Trinajstić information content (AvgIpc) is 3.21. The number of halogens is 1. The van der Waals surface area contributed by atoms with Crippen molar-refractivity contribution in [1.82, 2.24) is 15.2 Å². The van der Waals surface area contributed by atoms with E-state index < -0.39 is 0 Å². The van der Waals surface area contributed by atoms with Gasteiger partial charge in [0.1, 0.15) is 10.7 Å². The highest BCUT2D eigenvalue weighted by Gasteiger charge is 2.20. The Labute approximate surface area is 191 Å². The minimum absolute atomic E-state index is 0.0498. The van der Waals surface area contributed by atoms with Gasteiger partial charge < -0.3 is 15.5 Å². The molecule has 31 heavy (non-hydrogen) atoms. The lowest BCUT2D eigenvalue weighted by molar-refractivity contribution is 0.0949. The summed E-state index contributed by atoms with van der Waals surface area (Å²) in [4.78, 5) is 31.2. The number of aromatic nitrogens is 1. The predicted octanol–water partition coefficient (Wildman–Crippen LogP) is 5.21. The Morgan fingerprint density at radius 2 is 1.90 bits per heavy atom. The fraction of sp³-hybridized carbons (Fsp3) is 0.261. The SMILES string of the molecule is CC(C)N(Cc1nc(C(=O)NCCc2ccccc2)cs1)C(=O)Nc1cccc(Cl)c1. The van der Waals surface area contributed by atoms with Crippen LogP contribution in [0.1, 0.15) is 34.9 Å². The number of rotatable bonds is 8. The van der Waals surface area contributed by atoms with Crippen LogP contribution in [0.3, 0.4) is 0 Å². The van der Waals surface area contributed by atoms with Gasteiger partial charge in [-0.1, -0.05) is 48.0 Å². The molecule has 8 heteroatoms. The second-order valence-corrected chi connectivity index (χ2v) is 8.66. The van der Waals surface area contributed by atoms with E-state index in [0.717, 1.165) is 6.42 Å². The van der Waals surface area contributed by atoms with Crippen molar-refractivity contribution in [3.8, 4) is 0 Å². The quantitative estimate of drug-likeness (QED) is 0.488. The smallest absolute Gasteiger partial charge is 0.322 e. The second-order valence-electron chi connectivity index (χ2n) is 7.28. The van der Waals surface area contributed by atoms with Gasteiger partial charge in [0.15, 0.2) is 0 Å². The molecule has 3 amide bonds. The third-order valence-corrected chi connectivity index (χ3v) is 5.66. The Hall–Kier alpha value is -2.90. The molecule has 2 N–H and O–H groups in total. The van der Waals surface area contributed by atoms with Crippen molar-refractivity contribution in [2.45, 2.75) is 32.9 Å². The zero-order valence-corrected chi connectivity index (χ0v) is 19.0. The molecule has 0 fully saturated rings. The summed E-state index contributed by atoms with van der Waals surface area (Å²) in [5.41, 5.74) is 2.16. The highest BCUT2D eigenvalue weighted by molar-refractivity contribution is 7.09. The molecule has 2 aromatic carbocycles. The monoisotopic (exact) mass is 456 g/mol. The van der Waals surface area contributed by atoms with Crippen molar-refractivity contribution in [1.29, 1.82) is 0 Å². The van der Waals surface area contributed by atoms with Gasteiger partial charge in [-0.2, -0.15) is 0 Å². The second kappa shape index (κ2) is 10.9. The first kappa shape index (κ1) is 22.8. The molecule has 0 aliphatic carbocycles. The van der Waals surface area contributed by atoms with E-state index in [1.54, 1.807) is 34.5 Å². The van der Waals surface area contributed by atoms with Gasteiger partial charge in [0.25, 0.3) is 5.91 Å². The molecule has 1 aromatic heterocycles. The number of anilines is 1. The van der Waals surface area contributed by atoms with Crippen LogP contribution in [0.15, 0.2) is 60.0 Å². The number of hydrogen-bond donors (Lipinski definition) is 2. The summed E-state index contributed by atoms with van der Waals surface area (Å²) >= 11 is 7.36. The number of urea groups is 1. The molecule has 0 saturated carbocycles. The third-order valence-electron chi connectivity index (χ3n) is 4.59. The zero-order chi connectivity index (χ0) is 22.2. The molecule has 1 heterocycles. The Bertz CT molecular complexity index is 1020. The number of thiazole rings is 1. The molecule has 3 aromatic rings. The summed E-state index contributed by atoms with van der Waals surface area (Å²) in [6.07, 6.45) is 0.758. The summed E-state index contributed by atoms with van der Waals surface area (Å²) < 4.78 is 0. The van der Waals surface area contributed by atoms with Crippen molar-refractivity contribution < 1.29 is 9.59 Å². The van der Waals surface area contributed by atoms with Crippen LogP contribution < -0.4 is 10.6 Å². The number of carbonyl (C=O) groups is 2. The summed E-state index contributed by atoms with van der Waals surface area (Å²) in [7, 11) is 0. The van der Waals surface area contributed by atoms with E-state index in [9.17, 15) is 9.59 Å². The molecule has 0 aliphatic heterocycles. The van der Waals surface area contributed by atoms with E-state index in [-0.39, 0.29) is 18.0 Å². The molecule has 0 unspecified atom stereocenters. The maximum atomic E-state index is 12.8. The maximum absolute atomic E-state index is 12.8. The van der Waals surface area contributed by atoms with Crippen molar-refractivity contribution >= 4 is 40.6 Å². The first-order valence-electron chi connectivity index (χ1n) is 10.0. The van der Waals surface area contributed by atoms with Crippen LogP contribution in [-0.2, 0) is 13.0 Å². The molecule has 0 saturated heterocycles. The summed E-state index contributed by atoms with van der Waals surface area (Å²) in [5, 5.41) is 8.73. The molecule has 0 radical (unpaired) electrons. The van der Waals surface area contributed by atoms with E-state index in [1.807, 2.05) is 44.2 Å². The number of carbonyl (C=O) groups excluding carboxylic acids is 2. The van der Waals surface area contributed by atoms with Gasteiger partial charge >= 0.3 is 6.03 Å². The van der Waals surface area contributed by atoms with Crippen LogP contribution >= 0.6 is 22.9 Å². The summed E-state index contributed by atoms with van der Waals surface area (Å²) in [6.45, 7) is 4.71. The van der Waals surface area contributed by atoms with Crippen molar-refractivity contribution in [2.24, 2.45) is 0 Å². The first-order chi connectivity index (χ1) is 14.9. The lowest BCUT2D eigenvalue weighted by Gasteiger charge is -2.26. The number of hydrogen-bond acceptors (Lipinski definition) is 4. The summed E-state index contributed by atoms with van der Waals surface area (Å²) in [5.74, 6) is -0.210. The van der Waals surface area contributed by atoms with Gasteiger partial charge in [-0.05, 0) is 44.0 Å². The van der Waals surface area contributed by atoms with Crippen LogP contribution in [0, 0.1) is 0 Å². The third kappa shape index (κ3) is 6.80. The molecule has 162 valence electrons. The number of benzene rings is 2. The average molecular weight is 457 g/mol. The highest BCUT2D eigenvalue weighted by Crippen LogP contribution is 2.18. The van der Waals surface area contributed by atoms with E-state index in [1.165, 1.54) is 16.9 Å². The topological polar surface area (TPSA) is 74.3 Å². The van der Waals surface area contributed by atoms with E-state index in [4.69, 9.17) is 11.6 Å². The van der Waals surface area contributed by atoms with Gasteiger partial charge in [0.2, 0.25) is 0 Å². The zero-order valence-electron chi connectivity index (χ0n) is 17.5. The lowest BCUT2D eigenvalue weighted by atomic mass is 10.1. The lowest BCUT2D eigenvalue weighted by Crippen LogP contribution is -2.39. The molecule has 0 bridgehead atoms. The van der Waals surface area contributed by atoms with E-state index in [2.05, 4.69) is 15.6 Å². The van der Waals surface area contributed by atoms with Crippen molar-refractivity contribution in [2.75, 3.05) is 11.9 Å². The number of amides is 3. The normalized spacial score (nSPS) is 10.7. The molecule has 6 nitrogen and oxygen atoms in total. The van der Waals surface area contributed by atoms with Gasteiger partial charge in [-0.25, -0.2) is 9.78 Å². The minimum atomic E-state index is -0.249. The standard InChI is InChI=1S/C23H25ClN4O2S/c1-16(2)28(23(30)26-19-10-6-9-18(24)13-19)14-21-27-20(15-31-21)22(29)25-12-11-17-7-4-3-5-8-17/h3-10,13,15-16H,11-12,14H2,1-2H3,(H,25,29)(H,26,30). The molecule has 0 atom stereocenters. The van der Waals surface area contributed by atoms with Crippen LogP contribution in [0.2, 0.25) is 5.02 Å². The van der Waals surface area contributed by atoms with Gasteiger partial charge in [-0.3, -0.25) is 4.79 Å². The van der Waals surface area contributed by atoms with Crippen molar-refractivity contribution in [3.63, 3.8) is 0 Å². The molecule has 0 spiro atoms. The molecular weight excluding hydrogens is 432 g/mol. The molecular formula is C23H25ClN4O2S. The van der Waals surface area contributed by atoms with Crippen molar-refractivity contribution in [3.05, 3.63) is 81.3 Å². The Kier molecular flexibility index (Phi) is 8.03. The fourth-order valence-corrected chi connectivity index (χ4v) is 3.90. The summed E-state index contributed by atoms with van der Waals surface area (Å²) in [6, 6.07) is 16.7. The van der Waals surface area contributed by atoms with E-state index in [0.29, 0.717) is 34.5 Å². The predicted molar refractivity (Wildman–Crippen MR) is 126 cm³/mol. The van der Waals surface area contributed by atoms with Gasteiger partial charge in [-0.15, -0.1) is 11.3 Å². The fourth-order valence-electron chi connectivity index (χ4n) is 2.94. The van der Waals surface area contributed by atoms with Crippen LogP contribution in [-0.4, -0.2) is 34.4 Å². The van der Waals surface area contributed by atoms with E-state index >= 15 is 0 Å². The van der Waals surface area contributed by atoms with Crippen LogP contribution in [0.4, 0.5) is 10.5 Å². The Morgan fingerprint density at radius 3 is 2.61 bits per heavy atom. The van der Waals surface area contributed by atoms with Crippen LogP contribution in [0.5, 0.6) is 0 Å². The molecule has 3 rings (SSSR count). The Morgan fingerprint density at radius 1 is 1.13 bits per heavy atom. The van der Waals surface area contributed by atoms with Gasteiger partial charge in [0, 0.05) is 28.7 Å². The first-order valence-corrected chi connectivity index (χ1v) is 11.3. The maximum Gasteiger partial charge on any atom is 0.322 e. The Balaban J connectivity index is 1.56. The van der Waals surface area contributed by atoms with Crippen LogP contribution in [0.25, 0.3) is 0 Å².